The van der Waals surface area contributed by atoms with Gasteiger partial charge in [0, 0.05) is 14.2 Å². The summed E-state index contributed by atoms with van der Waals surface area (Å²) in [6.45, 7) is 5.09. The second-order valence-electron chi connectivity index (χ2n) is 4.22. The van der Waals surface area contributed by atoms with Gasteiger partial charge in [-0.3, -0.25) is 0 Å². The number of halogens is 3. The topological polar surface area (TPSA) is 12.0 Å². The van der Waals surface area contributed by atoms with Gasteiger partial charge in [-0.05, 0) is 53.2 Å². The lowest BCUT2D eigenvalue weighted by atomic mass is 10.1. The average molecular weight is 379 g/mol. The summed E-state index contributed by atoms with van der Waals surface area (Å²) in [5, 5.41) is 4.67. The van der Waals surface area contributed by atoms with Crippen molar-refractivity contribution in [2.24, 2.45) is 0 Å². The molecule has 0 bridgehead atoms. The first-order chi connectivity index (χ1) is 9.02. The molecule has 19 heavy (non-hydrogen) atoms. The van der Waals surface area contributed by atoms with Crippen LogP contribution in [-0.2, 0) is 0 Å². The molecule has 1 N–H and O–H groups in total. The fourth-order valence-electron chi connectivity index (χ4n) is 1.90. The fourth-order valence-corrected chi connectivity index (χ4v) is 3.87. The third kappa shape index (κ3) is 3.53. The lowest BCUT2D eigenvalue weighted by Gasteiger charge is -2.17. The van der Waals surface area contributed by atoms with Crippen LogP contribution < -0.4 is 5.32 Å². The van der Waals surface area contributed by atoms with E-state index in [1.807, 2.05) is 18.2 Å². The summed E-state index contributed by atoms with van der Waals surface area (Å²) in [7, 11) is 0. The molecule has 1 unspecified atom stereocenters. The minimum Gasteiger partial charge on any atom is -0.306 e. The van der Waals surface area contributed by atoms with Crippen molar-refractivity contribution < 1.29 is 0 Å². The molecule has 0 saturated heterocycles. The van der Waals surface area contributed by atoms with Gasteiger partial charge < -0.3 is 5.32 Å². The molecule has 1 aromatic heterocycles. The number of hydrogen-bond donors (Lipinski definition) is 1. The highest BCUT2D eigenvalue weighted by Gasteiger charge is 2.17. The number of benzene rings is 1. The van der Waals surface area contributed by atoms with Crippen molar-refractivity contribution in [2.75, 3.05) is 6.54 Å². The van der Waals surface area contributed by atoms with Gasteiger partial charge in [-0.2, -0.15) is 0 Å². The zero-order valence-electron chi connectivity index (χ0n) is 10.6. The molecular weight excluding hydrogens is 365 g/mol. The van der Waals surface area contributed by atoms with E-state index in [1.54, 1.807) is 11.3 Å². The van der Waals surface area contributed by atoms with E-state index >= 15 is 0 Å². The van der Waals surface area contributed by atoms with Crippen molar-refractivity contribution in [1.29, 1.82) is 0 Å². The number of hydrogen-bond acceptors (Lipinski definition) is 2. The second-order valence-corrected chi connectivity index (χ2v) is 7.17. The molecule has 1 atom stereocenters. The largest absolute Gasteiger partial charge is 0.306 e. The summed E-state index contributed by atoms with van der Waals surface area (Å²) >= 11 is 17.4. The Morgan fingerprint density at radius 2 is 2.00 bits per heavy atom. The van der Waals surface area contributed by atoms with Gasteiger partial charge in [-0.25, -0.2) is 0 Å². The van der Waals surface area contributed by atoms with E-state index in [1.165, 1.54) is 9.75 Å². The summed E-state index contributed by atoms with van der Waals surface area (Å²) < 4.78 is 1.15. The Hall–Kier alpha value is -0.0600. The first kappa shape index (κ1) is 15.3. The van der Waals surface area contributed by atoms with Crippen LogP contribution in [0.15, 0.2) is 28.7 Å². The minimum absolute atomic E-state index is 0.148. The average Bonchev–Trinajstić information content (AvgIpc) is 2.70. The van der Waals surface area contributed by atoms with Gasteiger partial charge in [-0.1, -0.05) is 36.2 Å². The van der Waals surface area contributed by atoms with Crippen molar-refractivity contribution in [1.82, 2.24) is 5.32 Å². The first-order valence-corrected chi connectivity index (χ1v) is 8.33. The van der Waals surface area contributed by atoms with E-state index in [2.05, 4.69) is 41.2 Å². The molecule has 0 radical (unpaired) electrons. The lowest BCUT2D eigenvalue weighted by molar-refractivity contribution is 0.639. The molecule has 0 aliphatic heterocycles. The monoisotopic (exact) mass is 377 g/mol. The Bertz CT molecular complexity index is 563. The molecule has 0 amide bonds. The van der Waals surface area contributed by atoms with Crippen molar-refractivity contribution in [3.63, 3.8) is 0 Å². The van der Waals surface area contributed by atoms with Gasteiger partial charge >= 0.3 is 0 Å². The molecule has 0 fully saturated rings. The highest BCUT2D eigenvalue weighted by atomic mass is 79.9. The fraction of sp³-hybridized carbons (Fsp3) is 0.286. The van der Waals surface area contributed by atoms with E-state index in [4.69, 9.17) is 23.2 Å². The van der Waals surface area contributed by atoms with E-state index in [0.29, 0.717) is 10.0 Å². The van der Waals surface area contributed by atoms with Gasteiger partial charge in [0.1, 0.15) is 0 Å². The van der Waals surface area contributed by atoms with Crippen molar-refractivity contribution in [3.8, 4) is 0 Å². The zero-order chi connectivity index (χ0) is 14.0. The van der Waals surface area contributed by atoms with Crippen LogP contribution in [0.25, 0.3) is 0 Å². The van der Waals surface area contributed by atoms with Crippen molar-refractivity contribution >= 4 is 50.5 Å². The van der Waals surface area contributed by atoms with E-state index in [0.717, 1.165) is 16.6 Å². The molecule has 2 rings (SSSR count). The molecule has 1 nitrogen and oxygen atoms in total. The maximum Gasteiger partial charge on any atom is 0.0672 e. The summed E-state index contributed by atoms with van der Waals surface area (Å²) in [6.07, 6.45) is 0. The van der Waals surface area contributed by atoms with Crippen LogP contribution in [0.4, 0.5) is 0 Å². The molecule has 1 heterocycles. The Kier molecular flexibility index (Phi) is 5.32. The molecule has 0 saturated carbocycles. The van der Waals surface area contributed by atoms with Crippen molar-refractivity contribution in [3.05, 3.63) is 54.1 Å². The van der Waals surface area contributed by atoms with E-state index in [-0.39, 0.29) is 6.04 Å². The van der Waals surface area contributed by atoms with Gasteiger partial charge in [-0.15, -0.1) is 11.3 Å². The predicted molar refractivity (Wildman–Crippen MR) is 88.7 cm³/mol. The lowest BCUT2D eigenvalue weighted by Crippen LogP contribution is -2.21. The first-order valence-electron chi connectivity index (χ1n) is 5.97. The zero-order valence-corrected chi connectivity index (χ0v) is 14.6. The standard InChI is InChI=1S/C14H14BrCl2NS/c1-3-18-14(13-7-10(15)8(2)19-13)9-4-5-11(16)12(17)6-9/h4-7,14,18H,3H2,1-2H3. The number of rotatable bonds is 4. The Balaban J connectivity index is 2.41. The highest BCUT2D eigenvalue weighted by Crippen LogP contribution is 2.35. The SMILES string of the molecule is CCNC(c1ccc(Cl)c(Cl)c1)c1cc(Br)c(C)s1. The molecule has 1 aromatic carbocycles. The quantitative estimate of drug-likeness (QED) is 0.706. The molecular formula is C14H14BrCl2NS. The third-order valence-corrected chi connectivity index (χ3v) is 5.79. The predicted octanol–water partition coefficient (Wildman–Crippen LogP) is 5.82. The minimum atomic E-state index is 0.148. The van der Waals surface area contributed by atoms with E-state index in [9.17, 15) is 0 Å². The van der Waals surface area contributed by atoms with Crippen LogP contribution >= 0.6 is 50.5 Å². The van der Waals surface area contributed by atoms with Crippen LogP contribution in [0.1, 0.15) is 28.3 Å². The number of thiophene rings is 1. The van der Waals surface area contributed by atoms with Crippen LogP contribution in [0, 0.1) is 6.92 Å². The van der Waals surface area contributed by atoms with Crippen LogP contribution in [-0.4, -0.2) is 6.54 Å². The summed E-state index contributed by atoms with van der Waals surface area (Å²) in [4.78, 5) is 2.54. The molecule has 0 spiro atoms. The van der Waals surface area contributed by atoms with Crippen LogP contribution in [0.2, 0.25) is 10.0 Å². The molecule has 0 aliphatic carbocycles. The smallest absolute Gasteiger partial charge is 0.0672 e. The molecule has 102 valence electrons. The number of nitrogens with one attached hydrogen (secondary N) is 1. The van der Waals surface area contributed by atoms with Gasteiger partial charge in [0.25, 0.3) is 0 Å². The summed E-state index contributed by atoms with van der Waals surface area (Å²) in [5.41, 5.74) is 1.13. The molecule has 0 aliphatic rings. The van der Waals surface area contributed by atoms with Crippen LogP contribution in [0.3, 0.4) is 0 Å². The Labute approximate surface area is 136 Å². The van der Waals surface area contributed by atoms with E-state index < -0.39 is 0 Å². The Morgan fingerprint density at radius 3 is 2.53 bits per heavy atom. The van der Waals surface area contributed by atoms with Gasteiger partial charge in [0.2, 0.25) is 0 Å². The maximum atomic E-state index is 6.12. The normalized spacial score (nSPS) is 12.7. The third-order valence-electron chi connectivity index (χ3n) is 2.85. The number of aryl methyl sites for hydroxylation is 1. The second kappa shape index (κ2) is 6.59. The molecule has 5 heteroatoms. The van der Waals surface area contributed by atoms with Gasteiger partial charge in [0.15, 0.2) is 0 Å². The Morgan fingerprint density at radius 1 is 1.26 bits per heavy atom. The van der Waals surface area contributed by atoms with Crippen molar-refractivity contribution in [2.45, 2.75) is 19.9 Å². The summed E-state index contributed by atoms with van der Waals surface area (Å²) in [5.74, 6) is 0. The summed E-state index contributed by atoms with van der Waals surface area (Å²) in [6, 6.07) is 8.11. The highest BCUT2D eigenvalue weighted by molar-refractivity contribution is 9.10. The van der Waals surface area contributed by atoms with Gasteiger partial charge in [0.05, 0.1) is 16.1 Å². The maximum absolute atomic E-state index is 6.12. The van der Waals surface area contributed by atoms with Crippen LogP contribution in [0.5, 0.6) is 0 Å². The molecule has 2 aromatic rings.